The number of thiol groups is 1. The summed E-state index contributed by atoms with van der Waals surface area (Å²) in [5.41, 5.74) is 1.56. The number of rotatable bonds is 8. The van der Waals surface area contributed by atoms with E-state index >= 15 is 0 Å². The molecule has 1 aliphatic carbocycles. The second kappa shape index (κ2) is 8.76. The Morgan fingerprint density at radius 3 is 2.93 bits per heavy atom. The number of nitrogens with one attached hydrogen (secondary N) is 1. The van der Waals surface area contributed by atoms with E-state index in [9.17, 15) is 4.79 Å². The SMILES string of the molecule is CCOCOCc1ccc(-c2cnc3ccc(NC(=O)N(S)C4CC4)nc3n2)o1. The van der Waals surface area contributed by atoms with Crippen LogP contribution in [0.2, 0.25) is 0 Å². The molecule has 0 radical (unpaired) electrons. The summed E-state index contributed by atoms with van der Waals surface area (Å²) in [6.45, 7) is 3.01. The lowest BCUT2D eigenvalue weighted by molar-refractivity contribution is -0.0613. The van der Waals surface area contributed by atoms with Crippen LogP contribution in [0.4, 0.5) is 10.6 Å². The van der Waals surface area contributed by atoms with E-state index in [-0.39, 0.29) is 18.9 Å². The van der Waals surface area contributed by atoms with E-state index in [2.05, 4.69) is 33.1 Å². The Balaban J connectivity index is 1.48. The number of amides is 2. The highest BCUT2D eigenvalue weighted by molar-refractivity contribution is 7.78. The van der Waals surface area contributed by atoms with Gasteiger partial charge in [-0.1, -0.05) is 12.8 Å². The first-order chi connectivity index (χ1) is 14.1. The minimum absolute atomic E-state index is 0.191. The van der Waals surface area contributed by atoms with Gasteiger partial charge in [0.25, 0.3) is 0 Å². The number of carbonyl (C=O) groups excluding carboxylic acids is 1. The molecule has 0 aromatic carbocycles. The number of ether oxygens (including phenoxy) is 2. The minimum atomic E-state index is -0.311. The smallest absolute Gasteiger partial charge is 0.333 e. The van der Waals surface area contributed by atoms with Gasteiger partial charge in [-0.2, -0.15) is 0 Å². The predicted molar refractivity (Wildman–Crippen MR) is 109 cm³/mol. The first-order valence-corrected chi connectivity index (χ1v) is 9.71. The minimum Gasteiger partial charge on any atom is -0.457 e. The number of nitrogens with zero attached hydrogens (tertiary/aromatic N) is 4. The Labute approximate surface area is 173 Å². The average Bonchev–Trinajstić information content (AvgIpc) is 3.48. The second-order valence-electron chi connectivity index (χ2n) is 6.53. The first kappa shape index (κ1) is 19.6. The van der Waals surface area contributed by atoms with E-state index in [0.29, 0.717) is 47.4 Å². The van der Waals surface area contributed by atoms with Crippen molar-refractivity contribution in [2.45, 2.75) is 32.4 Å². The van der Waals surface area contributed by atoms with Crippen molar-refractivity contribution in [2.75, 3.05) is 18.7 Å². The molecule has 3 heterocycles. The molecule has 0 spiro atoms. The van der Waals surface area contributed by atoms with Crippen LogP contribution in [0.1, 0.15) is 25.5 Å². The van der Waals surface area contributed by atoms with Crippen molar-refractivity contribution in [1.82, 2.24) is 19.3 Å². The Bertz CT molecular complexity index is 1010. The maximum atomic E-state index is 12.2. The summed E-state index contributed by atoms with van der Waals surface area (Å²) in [5.74, 6) is 1.60. The third kappa shape index (κ3) is 4.84. The van der Waals surface area contributed by atoms with Crippen molar-refractivity contribution in [3.63, 3.8) is 0 Å². The van der Waals surface area contributed by atoms with E-state index in [4.69, 9.17) is 13.9 Å². The summed E-state index contributed by atoms with van der Waals surface area (Å²) in [6, 6.07) is 6.93. The van der Waals surface area contributed by atoms with Gasteiger partial charge in [0.15, 0.2) is 11.4 Å². The van der Waals surface area contributed by atoms with Crippen molar-refractivity contribution >= 4 is 35.8 Å². The third-order valence-corrected chi connectivity index (χ3v) is 4.78. The second-order valence-corrected chi connectivity index (χ2v) is 6.96. The lowest BCUT2D eigenvalue weighted by Crippen LogP contribution is -2.29. The van der Waals surface area contributed by atoms with Gasteiger partial charge in [-0.15, -0.1) is 0 Å². The zero-order valence-corrected chi connectivity index (χ0v) is 16.8. The molecule has 10 heteroatoms. The predicted octanol–water partition coefficient (Wildman–Crippen LogP) is 3.64. The van der Waals surface area contributed by atoms with Gasteiger partial charge in [0.2, 0.25) is 0 Å². The van der Waals surface area contributed by atoms with Crippen LogP contribution in [0.15, 0.2) is 34.9 Å². The molecule has 3 aromatic rings. The zero-order chi connectivity index (χ0) is 20.2. The normalized spacial score (nSPS) is 13.6. The van der Waals surface area contributed by atoms with Gasteiger partial charge >= 0.3 is 6.03 Å². The molecule has 29 heavy (non-hydrogen) atoms. The molecule has 1 fully saturated rings. The Morgan fingerprint density at radius 2 is 2.14 bits per heavy atom. The largest absolute Gasteiger partial charge is 0.457 e. The molecule has 0 atom stereocenters. The van der Waals surface area contributed by atoms with Crippen molar-refractivity contribution in [2.24, 2.45) is 0 Å². The van der Waals surface area contributed by atoms with E-state index in [1.807, 2.05) is 13.0 Å². The van der Waals surface area contributed by atoms with Crippen LogP contribution in [0, 0.1) is 0 Å². The summed E-state index contributed by atoms with van der Waals surface area (Å²) >= 11 is 4.22. The molecule has 152 valence electrons. The molecule has 1 saturated carbocycles. The number of urea groups is 1. The lowest BCUT2D eigenvalue weighted by atomic mass is 10.3. The van der Waals surface area contributed by atoms with Crippen LogP contribution >= 0.6 is 12.8 Å². The fourth-order valence-corrected chi connectivity index (χ4v) is 2.90. The van der Waals surface area contributed by atoms with Gasteiger partial charge in [0, 0.05) is 12.6 Å². The lowest BCUT2D eigenvalue weighted by Gasteiger charge is -2.15. The topological polar surface area (TPSA) is 103 Å². The van der Waals surface area contributed by atoms with Crippen molar-refractivity contribution in [1.29, 1.82) is 0 Å². The highest BCUT2D eigenvalue weighted by Crippen LogP contribution is 2.28. The summed E-state index contributed by atoms with van der Waals surface area (Å²) < 4.78 is 17.6. The van der Waals surface area contributed by atoms with Crippen LogP contribution in [0.5, 0.6) is 0 Å². The maximum Gasteiger partial charge on any atom is 0.333 e. The summed E-state index contributed by atoms with van der Waals surface area (Å²) in [6.07, 6.45) is 3.56. The molecular formula is C19H21N5O4S. The number of hydrogen-bond donors (Lipinski definition) is 2. The molecule has 1 aliphatic rings. The highest BCUT2D eigenvalue weighted by Gasteiger charge is 2.30. The molecule has 4 rings (SSSR count). The third-order valence-electron chi connectivity index (χ3n) is 4.27. The van der Waals surface area contributed by atoms with Crippen LogP contribution in [-0.4, -0.2) is 44.7 Å². The molecule has 0 saturated heterocycles. The molecule has 2 amide bonds. The number of pyridine rings is 1. The molecule has 0 bridgehead atoms. The van der Waals surface area contributed by atoms with E-state index in [1.54, 1.807) is 24.4 Å². The van der Waals surface area contributed by atoms with Crippen LogP contribution in [-0.2, 0) is 16.1 Å². The van der Waals surface area contributed by atoms with Gasteiger partial charge in [-0.3, -0.25) is 14.6 Å². The zero-order valence-electron chi connectivity index (χ0n) is 15.9. The first-order valence-electron chi connectivity index (χ1n) is 9.31. The van der Waals surface area contributed by atoms with E-state index < -0.39 is 0 Å². The monoisotopic (exact) mass is 415 g/mol. The Kier molecular flexibility index (Phi) is 5.93. The number of hydrogen-bond acceptors (Lipinski definition) is 8. The van der Waals surface area contributed by atoms with E-state index in [0.717, 1.165) is 12.8 Å². The molecular weight excluding hydrogens is 394 g/mol. The molecule has 3 aromatic heterocycles. The maximum absolute atomic E-state index is 12.2. The summed E-state index contributed by atoms with van der Waals surface area (Å²) in [5, 5.41) is 2.73. The van der Waals surface area contributed by atoms with Gasteiger partial charge in [-0.25, -0.2) is 14.8 Å². The number of anilines is 1. The van der Waals surface area contributed by atoms with Gasteiger partial charge in [0.1, 0.15) is 36.2 Å². The molecule has 1 N–H and O–H groups in total. The van der Waals surface area contributed by atoms with Gasteiger partial charge in [-0.05, 0) is 44.0 Å². The van der Waals surface area contributed by atoms with Crippen molar-refractivity contribution in [3.8, 4) is 11.5 Å². The molecule has 0 aliphatic heterocycles. The Morgan fingerprint density at radius 1 is 1.28 bits per heavy atom. The number of carbonyl (C=O) groups is 1. The molecule has 0 unspecified atom stereocenters. The fourth-order valence-electron chi connectivity index (χ4n) is 2.62. The summed E-state index contributed by atoms with van der Waals surface area (Å²) in [7, 11) is 0. The molecule has 9 nitrogen and oxygen atoms in total. The van der Waals surface area contributed by atoms with Crippen molar-refractivity contribution in [3.05, 3.63) is 36.2 Å². The van der Waals surface area contributed by atoms with Crippen LogP contribution in [0.25, 0.3) is 22.6 Å². The number of aromatic nitrogens is 3. The standard InChI is InChI=1S/C19H21N5O4S/c1-2-26-11-27-10-13-5-7-16(28-13)15-9-20-14-6-8-17(22-18(14)21-15)23-19(25)24(29)12-3-4-12/h5-9,12,29H,2-4,10-11H2,1H3,(H,21,22,23,25). The Hall–Kier alpha value is -2.69. The fraction of sp³-hybridized carbons (Fsp3) is 0.368. The highest BCUT2D eigenvalue weighted by atomic mass is 32.1. The van der Waals surface area contributed by atoms with Crippen molar-refractivity contribution < 1.29 is 18.7 Å². The van der Waals surface area contributed by atoms with E-state index in [1.165, 1.54) is 4.31 Å². The van der Waals surface area contributed by atoms with Crippen LogP contribution < -0.4 is 5.32 Å². The summed E-state index contributed by atoms with van der Waals surface area (Å²) in [4.78, 5) is 25.5. The van der Waals surface area contributed by atoms with Gasteiger partial charge < -0.3 is 13.9 Å². The van der Waals surface area contributed by atoms with Crippen LogP contribution in [0.3, 0.4) is 0 Å². The van der Waals surface area contributed by atoms with Gasteiger partial charge in [0.05, 0.1) is 6.20 Å². The number of furan rings is 1. The quantitative estimate of drug-likeness (QED) is 0.329. The number of fused-ring (bicyclic) bond motifs is 1. The average molecular weight is 415 g/mol.